The van der Waals surface area contributed by atoms with E-state index >= 15 is 0 Å². The Labute approximate surface area is 86.7 Å². The van der Waals surface area contributed by atoms with Crippen molar-refractivity contribution in [1.29, 1.82) is 0 Å². The Bertz CT molecular complexity index is 170. The van der Waals surface area contributed by atoms with E-state index in [0.29, 0.717) is 6.04 Å². The zero-order valence-electron chi connectivity index (χ0n) is 8.68. The van der Waals surface area contributed by atoms with Crippen molar-refractivity contribution in [3.05, 3.63) is 0 Å². The number of rotatable bonds is 3. The Morgan fingerprint density at radius 2 is 2.38 bits per heavy atom. The van der Waals surface area contributed by atoms with Gasteiger partial charge in [0.1, 0.15) is 0 Å². The van der Waals surface area contributed by atoms with E-state index < -0.39 is 0 Å². The van der Waals surface area contributed by atoms with Gasteiger partial charge in [0, 0.05) is 19.1 Å². The molecule has 0 aromatic heterocycles. The van der Waals surface area contributed by atoms with E-state index in [2.05, 4.69) is 24.1 Å². The monoisotopic (exact) mass is 200 g/mol. The summed E-state index contributed by atoms with van der Waals surface area (Å²) in [5, 5.41) is 4.27. The summed E-state index contributed by atoms with van der Waals surface area (Å²) in [5.41, 5.74) is 0. The molecule has 0 spiro atoms. The fourth-order valence-corrected chi connectivity index (χ4v) is 2.08. The molecule has 0 aliphatic carbocycles. The molecule has 1 heterocycles. The molecule has 0 aromatic carbocycles. The van der Waals surface area contributed by atoms with Crippen LogP contribution in [0.3, 0.4) is 0 Å². The summed E-state index contributed by atoms with van der Waals surface area (Å²) in [6.45, 7) is 6.61. The highest BCUT2D eigenvalue weighted by Crippen LogP contribution is 2.15. The molecule has 0 saturated carbocycles. The largest absolute Gasteiger partial charge is 0.363 e. The van der Waals surface area contributed by atoms with Crippen molar-refractivity contribution in [2.24, 2.45) is 0 Å². The van der Waals surface area contributed by atoms with Gasteiger partial charge in [-0.2, -0.15) is 0 Å². The number of nitrogens with zero attached hydrogens (tertiary/aromatic N) is 1. The second kappa shape index (κ2) is 5.43. The molecule has 1 rings (SSSR count). The Hall–Kier alpha value is -0.310. The predicted octanol–water partition coefficient (Wildman–Crippen LogP) is 2.15. The van der Waals surface area contributed by atoms with Gasteiger partial charge in [0.15, 0.2) is 5.11 Å². The molecule has 0 amide bonds. The van der Waals surface area contributed by atoms with E-state index in [1.807, 2.05) is 0 Å². The van der Waals surface area contributed by atoms with Crippen molar-refractivity contribution in [3.63, 3.8) is 0 Å². The second-order valence-electron chi connectivity index (χ2n) is 3.77. The summed E-state index contributed by atoms with van der Waals surface area (Å²) in [6.07, 6.45) is 5.01. The molecule has 0 aromatic rings. The molecule has 1 N–H and O–H groups in total. The van der Waals surface area contributed by atoms with Crippen molar-refractivity contribution < 1.29 is 0 Å². The van der Waals surface area contributed by atoms with Gasteiger partial charge in [0.2, 0.25) is 0 Å². The van der Waals surface area contributed by atoms with Gasteiger partial charge in [-0.3, -0.25) is 0 Å². The normalized spacial score (nSPS) is 22.0. The fraction of sp³-hybridized carbons (Fsp3) is 0.900. The third-order valence-electron chi connectivity index (χ3n) is 2.62. The van der Waals surface area contributed by atoms with Gasteiger partial charge in [-0.15, -0.1) is 0 Å². The molecule has 0 bridgehead atoms. The van der Waals surface area contributed by atoms with E-state index in [9.17, 15) is 0 Å². The molecule has 1 unspecified atom stereocenters. The number of nitrogens with one attached hydrogen (secondary N) is 1. The summed E-state index contributed by atoms with van der Waals surface area (Å²) in [4.78, 5) is 2.31. The standard InChI is InChI=1S/C10H20N2S/c1-3-4-7-11-10(13)12-8-5-6-9(12)2/h9H,3-8H2,1-2H3,(H,11,13). The quantitative estimate of drug-likeness (QED) is 0.555. The molecule has 76 valence electrons. The molecule has 3 heteroatoms. The predicted molar refractivity (Wildman–Crippen MR) is 60.9 cm³/mol. The van der Waals surface area contributed by atoms with E-state index in [1.54, 1.807) is 0 Å². The SMILES string of the molecule is CCCCNC(=S)N1CCCC1C. The highest BCUT2D eigenvalue weighted by molar-refractivity contribution is 7.80. The summed E-state index contributed by atoms with van der Waals surface area (Å²) in [5.74, 6) is 0. The lowest BCUT2D eigenvalue weighted by Gasteiger charge is -2.24. The smallest absolute Gasteiger partial charge is 0.169 e. The van der Waals surface area contributed by atoms with Crippen molar-refractivity contribution in [1.82, 2.24) is 10.2 Å². The molecule has 1 aliphatic heterocycles. The average molecular weight is 200 g/mol. The molecule has 2 nitrogen and oxygen atoms in total. The zero-order chi connectivity index (χ0) is 9.68. The van der Waals surface area contributed by atoms with Crippen LogP contribution in [0.1, 0.15) is 39.5 Å². The van der Waals surface area contributed by atoms with Crippen LogP contribution < -0.4 is 5.32 Å². The number of thiocarbonyl (C=S) groups is 1. The third kappa shape index (κ3) is 3.14. The minimum Gasteiger partial charge on any atom is -0.363 e. The lowest BCUT2D eigenvalue weighted by atomic mass is 10.2. The topological polar surface area (TPSA) is 15.3 Å². The van der Waals surface area contributed by atoms with Gasteiger partial charge >= 0.3 is 0 Å². The first-order valence-corrected chi connectivity index (χ1v) is 5.71. The van der Waals surface area contributed by atoms with Gasteiger partial charge in [0.05, 0.1) is 0 Å². The Kier molecular flexibility index (Phi) is 4.50. The molecule has 1 atom stereocenters. The Morgan fingerprint density at radius 3 is 2.92 bits per heavy atom. The zero-order valence-corrected chi connectivity index (χ0v) is 9.49. The Morgan fingerprint density at radius 1 is 1.62 bits per heavy atom. The molecular formula is C10H20N2S. The lowest BCUT2D eigenvalue weighted by Crippen LogP contribution is -2.41. The lowest BCUT2D eigenvalue weighted by molar-refractivity contribution is 0.407. The maximum Gasteiger partial charge on any atom is 0.169 e. The van der Waals surface area contributed by atoms with Crippen LogP contribution in [0, 0.1) is 0 Å². The fourth-order valence-electron chi connectivity index (χ4n) is 1.71. The summed E-state index contributed by atoms with van der Waals surface area (Å²) in [7, 11) is 0. The number of likely N-dealkylation sites (tertiary alicyclic amines) is 1. The third-order valence-corrected chi connectivity index (χ3v) is 3.00. The number of unbranched alkanes of at least 4 members (excludes halogenated alkanes) is 1. The maximum absolute atomic E-state index is 5.32. The number of hydrogen-bond acceptors (Lipinski definition) is 1. The first kappa shape index (κ1) is 10.8. The Balaban J connectivity index is 2.22. The average Bonchev–Trinajstić information content (AvgIpc) is 2.52. The van der Waals surface area contributed by atoms with Gasteiger partial charge in [0.25, 0.3) is 0 Å². The summed E-state index contributed by atoms with van der Waals surface area (Å²) >= 11 is 5.32. The van der Waals surface area contributed by atoms with Crippen molar-refractivity contribution in [3.8, 4) is 0 Å². The van der Waals surface area contributed by atoms with Crippen LogP contribution in [-0.2, 0) is 0 Å². The molecule has 1 fully saturated rings. The maximum atomic E-state index is 5.32. The highest BCUT2D eigenvalue weighted by atomic mass is 32.1. The minimum atomic E-state index is 0.640. The van der Waals surface area contributed by atoms with Crippen molar-refractivity contribution in [2.45, 2.75) is 45.6 Å². The van der Waals surface area contributed by atoms with Crippen LogP contribution in [-0.4, -0.2) is 29.1 Å². The van der Waals surface area contributed by atoms with Crippen LogP contribution in [0.4, 0.5) is 0 Å². The van der Waals surface area contributed by atoms with Crippen LogP contribution in [0.2, 0.25) is 0 Å². The van der Waals surface area contributed by atoms with Crippen LogP contribution in [0.25, 0.3) is 0 Å². The van der Waals surface area contributed by atoms with Crippen molar-refractivity contribution >= 4 is 17.3 Å². The molecule has 13 heavy (non-hydrogen) atoms. The first-order valence-electron chi connectivity index (χ1n) is 5.30. The van der Waals surface area contributed by atoms with E-state index in [4.69, 9.17) is 12.2 Å². The van der Waals surface area contributed by atoms with Crippen LogP contribution in [0.15, 0.2) is 0 Å². The molecule has 0 radical (unpaired) electrons. The van der Waals surface area contributed by atoms with Gasteiger partial charge in [-0.25, -0.2) is 0 Å². The van der Waals surface area contributed by atoms with Gasteiger partial charge in [-0.05, 0) is 38.4 Å². The second-order valence-corrected chi connectivity index (χ2v) is 4.16. The van der Waals surface area contributed by atoms with Crippen molar-refractivity contribution in [2.75, 3.05) is 13.1 Å². The van der Waals surface area contributed by atoms with E-state index in [-0.39, 0.29) is 0 Å². The molecule has 1 aliphatic rings. The minimum absolute atomic E-state index is 0.640. The molecule has 1 saturated heterocycles. The van der Waals surface area contributed by atoms with Crippen LogP contribution >= 0.6 is 12.2 Å². The van der Waals surface area contributed by atoms with E-state index in [1.165, 1.54) is 25.7 Å². The first-order chi connectivity index (χ1) is 6.25. The van der Waals surface area contributed by atoms with E-state index in [0.717, 1.165) is 18.2 Å². The summed E-state index contributed by atoms with van der Waals surface area (Å²) in [6, 6.07) is 0.640. The molecular weight excluding hydrogens is 180 g/mol. The number of hydrogen-bond donors (Lipinski definition) is 1. The van der Waals surface area contributed by atoms with Gasteiger partial charge in [-0.1, -0.05) is 13.3 Å². The van der Waals surface area contributed by atoms with Crippen LogP contribution in [0.5, 0.6) is 0 Å². The van der Waals surface area contributed by atoms with Gasteiger partial charge < -0.3 is 10.2 Å². The highest BCUT2D eigenvalue weighted by Gasteiger charge is 2.21. The summed E-state index contributed by atoms with van der Waals surface area (Å²) < 4.78 is 0.